The van der Waals surface area contributed by atoms with Crippen molar-refractivity contribution in [1.29, 1.82) is 5.41 Å². The average molecular weight is 192 g/mol. The third-order valence-corrected chi connectivity index (χ3v) is 1.85. The van der Waals surface area contributed by atoms with Crippen LogP contribution in [0, 0.1) is 5.41 Å². The fourth-order valence-corrected chi connectivity index (χ4v) is 0.999. The molecule has 0 radical (unpaired) electrons. The molecule has 0 aliphatic heterocycles. The first kappa shape index (κ1) is 10.6. The standard InChI is InChI=1S/C11H15NO2/c1-2-3-8-14-11(13)9-4-6-10(12)7-5-9/h4-7,12-13H,2-3,8H2,1H3/p-1. The summed E-state index contributed by atoms with van der Waals surface area (Å²) in [5.41, 5.74) is 0.909. The van der Waals surface area contributed by atoms with E-state index in [0.717, 1.165) is 12.8 Å². The zero-order valence-corrected chi connectivity index (χ0v) is 8.25. The van der Waals surface area contributed by atoms with Crippen LogP contribution in [0.25, 0.3) is 0 Å². The predicted octanol–water partition coefficient (Wildman–Crippen LogP) is 1.52. The van der Waals surface area contributed by atoms with E-state index in [9.17, 15) is 5.11 Å². The Bertz CT molecular complexity index is 282. The average Bonchev–Trinajstić information content (AvgIpc) is 2.19. The molecule has 14 heavy (non-hydrogen) atoms. The van der Waals surface area contributed by atoms with Crippen molar-refractivity contribution in [3.8, 4) is 0 Å². The van der Waals surface area contributed by atoms with E-state index in [1.807, 2.05) is 6.92 Å². The van der Waals surface area contributed by atoms with Crippen LogP contribution in [0.1, 0.15) is 19.8 Å². The number of unbranched alkanes of at least 4 members (excludes halogenated alkanes) is 1. The molecule has 1 N–H and O–H groups in total. The minimum absolute atomic E-state index is 0.307. The molecule has 3 nitrogen and oxygen atoms in total. The van der Waals surface area contributed by atoms with Gasteiger partial charge in [0, 0.05) is 0 Å². The highest BCUT2D eigenvalue weighted by molar-refractivity contribution is 6.03. The highest BCUT2D eigenvalue weighted by atomic mass is 16.6. The Morgan fingerprint density at radius 2 is 2.00 bits per heavy atom. The van der Waals surface area contributed by atoms with E-state index < -0.39 is 0 Å². The summed E-state index contributed by atoms with van der Waals surface area (Å²) in [4.78, 5) is 0. The normalized spacial score (nSPS) is 14.6. The van der Waals surface area contributed by atoms with E-state index in [1.165, 1.54) is 0 Å². The van der Waals surface area contributed by atoms with Crippen molar-refractivity contribution in [2.24, 2.45) is 0 Å². The van der Waals surface area contributed by atoms with E-state index in [4.69, 9.17) is 10.1 Å². The first-order valence-corrected chi connectivity index (χ1v) is 4.73. The Morgan fingerprint density at radius 1 is 1.36 bits per heavy atom. The zero-order chi connectivity index (χ0) is 10.4. The van der Waals surface area contributed by atoms with Gasteiger partial charge in [0.05, 0.1) is 11.7 Å². The third-order valence-electron chi connectivity index (χ3n) is 1.85. The van der Waals surface area contributed by atoms with Gasteiger partial charge in [0.15, 0.2) is 0 Å². The van der Waals surface area contributed by atoms with Crippen LogP contribution in [0.3, 0.4) is 0 Å². The van der Waals surface area contributed by atoms with Crippen molar-refractivity contribution in [2.75, 3.05) is 6.61 Å². The van der Waals surface area contributed by atoms with Gasteiger partial charge in [0.2, 0.25) is 0 Å². The molecular formula is C11H14NO2-. The Morgan fingerprint density at radius 3 is 2.57 bits per heavy atom. The van der Waals surface area contributed by atoms with Gasteiger partial charge in [-0.2, -0.15) is 0 Å². The molecule has 0 saturated carbocycles. The molecule has 0 heterocycles. The molecule has 0 saturated heterocycles. The summed E-state index contributed by atoms with van der Waals surface area (Å²) in [6.07, 6.45) is 8.28. The van der Waals surface area contributed by atoms with Crippen LogP contribution in [-0.2, 0) is 4.74 Å². The largest absolute Gasteiger partial charge is 0.613 e. The number of nitrogens with one attached hydrogen (secondary N) is 1. The molecule has 1 aliphatic carbocycles. The molecule has 0 aromatic carbocycles. The number of ether oxygens (including phenoxy) is 1. The molecule has 0 fully saturated rings. The molecule has 3 heteroatoms. The summed E-state index contributed by atoms with van der Waals surface area (Å²) < 4.78 is 5.01. The lowest BCUT2D eigenvalue weighted by Gasteiger charge is -2.17. The molecule has 0 amide bonds. The Kier molecular flexibility index (Phi) is 3.98. The predicted molar refractivity (Wildman–Crippen MR) is 53.9 cm³/mol. The van der Waals surface area contributed by atoms with Crippen molar-refractivity contribution in [1.82, 2.24) is 0 Å². The van der Waals surface area contributed by atoms with Crippen LogP contribution in [0.15, 0.2) is 35.8 Å². The maximum atomic E-state index is 11.3. The molecule has 0 atom stereocenters. The van der Waals surface area contributed by atoms with Gasteiger partial charge in [0.25, 0.3) is 0 Å². The van der Waals surface area contributed by atoms with Crippen LogP contribution in [0.5, 0.6) is 0 Å². The van der Waals surface area contributed by atoms with E-state index >= 15 is 0 Å². The SMILES string of the molecule is CCCCOC([O-])=C1C=CC(=N)C=C1. The lowest BCUT2D eigenvalue weighted by molar-refractivity contribution is -0.358. The van der Waals surface area contributed by atoms with Gasteiger partial charge in [-0.15, -0.1) is 0 Å². The van der Waals surface area contributed by atoms with Crippen molar-refractivity contribution < 1.29 is 9.84 Å². The van der Waals surface area contributed by atoms with E-state index in [2.05, 4.69) is 0 Å². The smallest absolute Gasteiger partial charge is 0.0587 e. The second-order valence-electron chi connectivity index (χ2n) is 3.07. The van der Waals surface area contributed by atoms with Gasteiger partial charge < -0.3 is 15.3 Å². The molecule has 0 aromatic rings. The van der Waals surface area contributed by atoms with Gasteiger partial charge >= 0.3 is 0 Å². The molecule has 1 aliphatic rings. The Labute approximate surface area is 83.9 Å². The summed E-state index contributed by atoms with van der Waals surface area (Å²) in [5.74, 6) is -0.307. The number of rotatable bonds is 4. The Hall–Kier alpha value is -1.51. The number of allylic oxidation sites excluding steroid dienone is 5. The maximum absolute atomic E-state index is 11.3. The van der Waals surface area contributed by atoms with Crippen LogP contribution in [0.2, 0.25) is 0 Å². The molecule has 0 aromatic heterocycles. The Balaban J connectivity index is 2.52. The first-order valence-electron chi connectivity index (χ1n) is 4.73. The highest BCUT2D eigenvalue weighted by Gasteiger charge is 1.97. The number of hydrogen-bond donors (Lipinski definition) is 1. The molecule has 0 spiro atoms. The summed E-state index contributed by atoms with van der Waals surface area (Å²) in [5, 5.41) is 18.6. The number of hydrogen-bond acceptors (Lipinski definition) is 3. The van der Waals surface area contributed by atoms with Crippen molar-refractivity contribution in [2.45, 2.75) is 19.8 Å². The minimum Gasteiger partial charge on any atom is -0.613 e. The maximum Gasteiger partial charge on any atom is 0.0587 e. The second-order valence-corrected chi connectivity index (χ2v) is 3.07. The van der Waals surface area contributed by atoms with E-state index in [1.54, 1.807) is 24.3 Å². The van der Waals surface area contributed by atoms with Crippen LogP contribution >= 0.6 is 0 Å². The highest BCUT2D eigenvalue weighted by Crippen LogP contribution is 2.09. The van der Waals surface area contributed by atoms with E-state index in [0.29, 0.717) is 17.9 Å². The lowest BCUT2D eigenvalue weighted by atomic mass is 10.1. The summed E-state index contributed by atoms with van der Waals surface area (Å²) in [7, 11) is 0. The van der Waals surface area contributed by atoms with Gasteiger partial charge in [0.1, 0.15) is 0 Å². The summed E-state index contributed by atoms with van der Waals surface area (Å²) in [6, 6.07) is 0. The lowest BCUT2D eigenvalue weighted by Crippen LogP contribution is -2.12. The van der Waals surface area contributed by atoms with Crippen molar-refractivity contribution >= 4 is 5.71 Å². The van der Waals surface area contributed by atoms with E-state index in [-0.39, 0.29) is 5.95 Å². The zero-order valence-electron chi connectivity index (χ0n) is 8.25. The minimum atomic E-state index is -0.307. The molecule has 0 bridgehead atoms. The third kappa shape index (κ3) is 3.09. The van der Waals surface area contributed by atoms with Gasteiger partial charge in [-0.25, -0.2) is 0 Å². The first-order chi connectivity index (χ1) is 6.74. The van der Waals surface area contributed by atoms with Crippen LogP contribution in [0.4, 0.5) is 0 Å². The topological polar surface area (TPSA) is 56.1 Å². The van der Waals surface area contributed by atoms with Crippen molar-refractivity contribution in [3.63, 3.8) is 0 Å². The summed E-state index contributed by atoms with van der Waals surface area (Å²) >= 11 is 0. The van der Waals surface area contributed by atoms with Gasteiger partial charge in [-0.1, -0.05) is 25.5 Å². The molecular weight excluding hydrogens is 178 g/mol. The fraction of sp³-hybridized carbons (Fsp3) is 0.364. The monoisotopic (exact) mass is 192 g/mol. The van der Waals surface area contributed by atoms with Crippen LogP contribution in [-0.4, -0.2) is 12.3 Å². The van der Waals surface area contributed by atoms with Gasteiger partial charge in [-0.05, 0) is 30.8 Å². The van der Waals surface area contributed by atoms with Crippen LogP contribution < -0.4 is 5.11 Å². The quantitative estimate of drug-likeness (QED) is 0.542. The summed E-state index contributed by atoms with van der Waals surface area (Å²) in [6.45, 7) is 2.51. The van der Waals surface area contributed by atoms with Gasteiger partial charge in [-0.3, -0.25) is 0 Å². The fourth-order valence-electron chi connectivity index (χ4n) is 0.999. The second kappa shape index (κ2) is 5.27. The molecule has 76 valence electrons. The van der Waals surface area contributed by atoms with Crippen molar-refractivity contribution in [3.05, 3.63) is 35.8 Å². The molecule has 0 unspecified atom stereocenters. The molecule has 1 rings (SSSR count).